The number of carbonyl (C=O) groups is 1. The molecule has 0 spiro atoms. The summed E-state index contributed by atoms with van der Waals surface area (Å²) in [6.07, 6.45) is 0. The van der Waals surface area contributed by atoms with E-state index in [2.05, 4.69) is 10.4 Å². The fourth-order valence-corrected chi connectivity index (χ4v) is 2.67. The predicted molar refractivity (Wildman–Crippen MR) is 98.3 cm³/mol. The smallest absolute Gasteiger partial charge is 0.267 e. The van der Waals surface area contributed by atoms with Gasteiger partial charge in [0.25, 0.3) is 5.56 Å². The van der Waals surface area contributed by atoms with Gasteiger partial charge in [0, 0.05) is 11.6 Å². The van der Waals surface area contributed by atoms with Crippen molar-refractivity contribution in [2.24, 2.45) is 0 Å². The van der Waals surface area contributed by atoms with Crippen LogP contribution in [0.1, 0.15) is 11.6 Å². The normalized spacial score (nSPS) is 11.8. The van der Waals surface area contributed by atoms with E-state index in [0.717, 1.165) is 10.2 Å². The predicted octanol–water partition coefficient (Wildman–Crippen LogP) is 1.90. The molecule has 1 atom stereocenters. The minimum atomic E-state index is -0.593. The second-order valence-electron chi connectivity index (χ2n) is 5.91. The number of hydrogen-bond donors (Lipinski definition) is 2. The Morgan fingerprint density at radius 2 is 1.78 bits per heavy atom. The van der Waals surface area contributed by atoms with E-state index in [4.69, 9.17) is 0 Å². The molecule has 1 amide bonds. The van der Waals surface area contributed by atoms with Gasteiger partial charge in [-0.25, -0.2) is 9.07 Å². The molecule has 7 heteroatoms. The Morgan fingerprint density at radius 3 is 2.48 bits per heavy atom. The molecule has 0 aliphatic heterocycles. The fourth-order valence-electron chi connectivity index (χ4n) is 2.67. The molecule has 6 nitrogen and oxygen atoms in total. The molecule has 0 saturated carbocycles. The zero-order chi connectivity index (χ0) is 19.2. The van der Waals surface area contributed by atoms with Crippen LogP contribution in [0.15, 0.2) is 71.5 Å². The van der Waals surface area contributed by atoms with Crippen molar-refractivity contribution in [3.63, 3.8) is 0 Å². The monoisotopic (exact) mass is 367 g/mol. The third kappa shape index (κ3) is 4.45. The van der Waals surface area contributed by atoms with Crippen LogP contribution in [0.4, 0.5) is 4.39 Å². The number of halogens is 1. The fraction of sp³-hybridized carbons (Fsp3) is 0.150. The largest absolute Gasteiger partial charge is 0.394 e. The molecule has 0 unspecified atom stereocenters. The lowest BCUT2D eigenvalue weighted by Crippen LogP contribution is -2.36. The van der Waals surface area contributed by atoms with Crippen molar-refractivity contribution >= 4 is 5.91 Å². The molecule has 0 radical (unpaired) electrons. The Balaban J connectivity index is 1.79. The summed E-state index contributed by atoms with van der Waals surface area (Å²) in [5.74, 6) is -0.956. The highest BCUT2D eigenvalue weighted by molar-refractivity contribution is 5.76. The van der Waals surface area contributed by atoms with Gasteiger partial charge in [-0.1, -0.05) is 42.5 Å². The van der Waals surface area contributed by atoms with E-state index >= 15 is 0 Å². The van der Waals surface area contributed by atoms with Crippen LogP contribution in [0.25, 0.3) is 11.3 Å². The van der Waals surface area contributed by atoms with Crippen LogP contribution >= 0.6 is 0 Å². The molecule has 1 heterocycles. The molecule has 1 aromatic heterocycles. The first-order chi connectivity index (χ1) is 13.1. The average Bonchev–Trinajstić information content (AvgIpc) is 2.69. The zero-order valence-corrected chi connectivity index (χ0v) is 14.4. The van der Waals surface area contributed by atoms with Gasteiger partial charge in [-0.15, -0.1) is 0 Å². The molecule has 0 saturated heterocycles. The van der Waals surface area contributed by atoms with Gasteiger partial charge in [0.05, 0.1) is 18.3 Å². The Labute approximate surface area is 154 Å². The van der Waals surface area contributed by atoms with Crippen LogP contribution < -0.4 is 10.9 Å². The number of benzene rings is 2. The highest BCUT2D eigenvalue weighted by Gasteiger charge is 2.15. The Morgan fingerprint density at radius 1 is 1.07 bits per heavy atom. The third-order valence-corrected chi connectivity index (χ3v) is 4.03. The second-order valence-corrected chi connectivity index (χ2v) is 5.91. The molecule has 0 aliphatic carbocycles. The van der Waals surface area contributed by atoms with Crippen molar-refractivity contribution in [2.45, 2.75) is 12.6 Å². The van der Waals surface area contributed by atoms with Crippen molar-refractivity contribution in [3.8, 4) is 11.3 Å². The summed E-state index contributed by atoms with van der Waals surface area (Å²) in [6, 6.07) is 17.1. The highest BCUT2D eigenvalue weighted by atomic mass is 19.1. The number of nitrogens with one attached hydrogen (secondary N) is 1. The van der Waals surface area contributed by atoms with Gasteiger partial charge < -0.3 is 10.4 Å². The van der Waals surface area contributed by atoms with Crippen LogP contribution in [-0.2, 0) is 11.3 Å². The quantitative estimate of drug-likeness (QED) is 0.697. The minimum Gasteiger partial charge on any atom is -0.394 e. The molecule has 0 bridgehead atoms. The number of amides is 1. The second kappa shape index (κ2) is 8.37. The van der Waals surface area contributed by atoms with E-state index in [0.29, 0.717) is 0 Å². The summed E-state index contributed by atoms with van der Waals surface area (Å²) in [6.45, 7) is -0.627. The van der Waals surface area contributed by atoms with Crippen molar-refractivity contribution in [2.75, 3.05) is 6.61 Å². The standard InChI is InChI=1S/C20H18FN3O3/c21-16-9-5-4-8-15(16)17-10-11-20(27)24(23-17)12-19(26)22-18(13-25)14-6-2-1-3-7-14/h1-11,18,25H,12-13H2,(H,22,26)/t18-/m1/s1. The molecule has 0 fully saturated rings. The van der Waals surface area contributed by atoms with E-state index < -0.39 is 23.3 Å². The number of aliphatic hydroxyl groups excluding tert-OH is 1. The van der Waals surface area contributed by atoms with E-state index in [1.165, 1.54) is 18.2 Å². The van der Waals surface area contributed by atoms with Crippen LogP contribution in [-0.4, -0.2) is 27.4 Å². The van der Waals surface area contributed by atoms with Crippen LogP contribution in [0, 0.1) is 5.82 Å². The van der Waals surface area contributed by atoms with Gasteiger partial charge in [0.15, 0.2) is 0 Å². The SMILES string of the molecule is O=C(Cn1nc(-c2ccccc2F)ccc1=O)N[C@H](CO)c1ccccc1. The van der Waals surface area contributed by atoms with Gasteiger partial charge in [-0.2, -0.15) is 5.10 Å². The number of hydrogen-bond acceptors (Lipinski definition) is 4. The van der Waals surface area contributed by atoms with E-state index in [-0.39, 0.29) is 24.4 Å². The molecular weight excluding hydrogens is 349 g/mol. The number of nitrogens with zero attached hydrogens (tertiary/aromatic N) is 2. The molecule has 138 valence electrons. The molecule has 0 aliphatic rings. The first kappa shape index (κ1) is 18.5. The Hall–Kier alpha value is -3.32. The summed E-state index contributed by atoms with van der Waals surface area (Å²) >= 11 is 0. The van der Waals surface area contributed by atoms with Gasteiger partial charge in [0.2, 0.25) is 5.91 Å². The lowest BCUT2D eigenvalue weighted by molar-refractivity contribution is -0.123. The summed E-state index contributed by atoms with van der Waals surface area (Å²) < 4.78 is 14.9. The number of aliphatic hydroxyl groups is 1. The van der Waals surface area contributed by atoms with Crippen molar-refractivity contribution in [1.29, 1.82) is 0 Å². The van der Waals surface area contributed by atoms with E-state index in [9.17, 15) is 19.1 Å². The molecule has 2 aromatic carbocycles. The molecule has 3 rings (SSSR count). The van der Waals surface area contributed by atoms with Crippen molar-refractivity contribution in [3.05, 3.63) is 88.5 Å². The van der Waals surface area contributed by atoms with Gasteiger partial charge in [0.1, 0.15) is 12.4 Å². The van der Waals surface area contributed by atoms with E-state index in [1.807, 2.05) is 6.07 Å². The molecule has 2 N–H and O–H groups in total. The average molecular weight is 367 g/mol. The summed E-state index contributed by atoms with van der Waals surface area (Å²) in [5.41, 5.74) is 0.755. The lowest BCUT2D eigenvalue weighted by Gasteiger charge is -2.17. The van der Waals surface area contributed by atoms with Gasteiger partial charge in [-0.3, -0.25) is 9.59 Å². The van der Waals surface area contributed by atoms with E-state index in [1.54, 1.807) is 42.5 Å². The number of aromatic nitrogens is 2. The maximum atomic E-state index is 13.9. The Kier molecular flexibility index (Phi) is 5.73. The van der Waals surface area contributed by atoms with Gasteiger partial charge >= 0.3 is 0 Å². The lowest BCUT2D eigenvalue weighted by atomic mass is 10.1. The molecule has 27 heavy (non-hydrogen) atoms. The topological polar surface area (TPSA) is 84.2 Å². The van der Waals surface area contributed by atoms with Gasteiger partial charge in [-0.05, 0) is 23.8 Å². The first-order valence-electron chi connectivity index (χ1n) is 8.36. The van der Waals surface area contributed by atoms with Crippen LogP contribution in [0.3, 0.4) is 0 Å². The van der Waals surface area contributed by atoms with Crippen LogP contribution in [0.2, 0.25) is 0 Å². The first-order valence-corrected chi connectivity index (χ1v) is 8.36. The van der Waals surface area contributed by atoms with Crippen molar-refractivity contribution < 1.29 is 14.3 Å². The summed E-state index contributed by atoms with van der Waals surface area (Å²) in [5, 5.41) is 16.3. The number of carbonyl (C=O) groups excluding carboxylic acids is 1. The highest BCUT2D eigenvalue weighted by Crippen LogP contribution is 2.18. The molecule has 3 aromatic rings. The zero-order valence-electron chi connectivity index (χ0n) is 14.4. The minimum absolute atomic E-state index is 0.240. The maximum Gasteiger partial charge on any atom is 0.267 e. The molecular formula is C20H18FN3O3. The van der Waals surface area contributed by atoms with Crippen LogP contribution in [0.5, 0.6) is 0 Å². The number of rotatable bonds is 6. The van der Waals surface area contributed by atoms with Crippen molar-refractivity contribution in [1.82, 2.24) is 15.1 Å². The third-order valence-electron chi connectivity index (χ3n) is 4.03. The summed E-state index contributed by atoms with van der Waals surface area (Å²) in [7, 11) is 0. The Bertz CT molecular complexity index is 989. The summed E-state index contributed by atoms with van der Waals surface area (Å²) in [4.78, 5) is 24.4. The maximum absolute atomic E-state index is 13.9.